The summed E-state index contributed by atoms with van der Waals surface area (Å²) in [5.41, 5.74) is 7.58. The summed E-state index contributed by atoms with van der Waals surface area (Å²) in [6.07, 6.45) is 6.72. The quantitative estimate of drug-likeness (QED) is 0.426. The first kappa shape index (κ1) is 19.2. The van der Waals surface area contributed by atoms with Crippen LogP contribution in [0.4, 0.5) is 17.5 Å². The van der Waals surface area contributed by atoms with E-state index in [4.69, 9.17) is 15.2 Å². The van der Waals surface area contributed by atoms with Crippen LogP contribution in [0.2, 0.25) is 0 Å². The summed E-state index contributed by atoms with van der Waals surface area (Å²) in [6, 6.07) is 5.29. The number of primary amides is 1. The third kappa shape index (κ3) is 3.39. The van der Waals surface area contributed by atoms with Crippen molar-refractivity contribution in [1.82, 2.24) is 19.9 Å². The van der Waals surface area contributed by atoms with Gasteiger partial charge in [-0.15, -0.1) is 0 Å². The highest BCUT2D eigenvalue weighted by molar-refractivity contribution is 5.85. The van der Waals surface area contributed by atoms with Crippen LogP contribution >= 0.6 is 0 Å². The normalized spacial score (nSPS) is 23.8. The predicted molar refractivity (Wildman–Crippen MR) is 115 cm³/mol. The van der Waals surface area contributed by atoms with Crippen molar-refractivity contribution in [2.75, 3.05) is 24.9 Å². The highest BCUT2D eigenvalue weighted by Crippen LogP contribution is 2.45. The molecule has 5 rings (SSSR count). The number of carbonyl (C=O) groups is 1. The zero-order valence-corrected chi connectivity index (χ0v) is 17.1. The summed E-state index contributed by atoms with van der Waals surface area (Å²) in [5, 5.41) is 6.63. The van der Waals surface area contributed by atoms with Crippen LogP contribution in [0.3, 0.4) is 0 Å². The van der Waals surface area contributed by atoms with Gasteiger partial charge >= 0.3 is 0 Å². The van der Waals surface area contributed by atoms with E-state index < -0.39 is 0 Å². The fourth-order valence-electron chi connectivity index (χ4n) is 4.57. The second-order valence-corrected chi connectivity index (χ2v) is 7.77. The Labute approximate surface area is 178 Å². The maximum atomic E-state index is 12.1. The maximum absolute atomic E-state index is 12.1. The van der Waals surface area contributed by atoms with Crippen molar-refractivity contribution in [3.05, 3.63) is 36.7 Å². The van der Waals surface area contributed by atoms with Crippen molar-refractivity contribution in [2.45, 2.75) is 12.5 Å². The first-order valence-corrected chi connectivity index (χ1v) is 10.0. The lowest BCUT2D eigenvalue weighted by Crippen LogP contribution is -2.41. The Hall–Kier alpha value is -3.82. The molecule has 160 valence electrons. The van der Waals surface area contributed by atoms with E-state index in [9.17, 15) is 4.79 Å². The molecule has 0 aliphatic heterocycles. The van der Waals surface area contributed by atoms with Crippen molar-refractivity contribution in [1.29, 1.82) is 0 Å². The Bertz CT molecular complexity index is 1150. The number of hydrogen-bond acceptors (Lipinski definition) is 8. The van der Waals surface area contributed by atoms with Crippen molar-refractivity contribution in [3.8, 4) is 11.5 Å². The van der Waals surface area contributed by atoms with Gasteiger partial charge in [0.15, 0.2) is 11.5 Å². The largest absolute Gasteiger partial charge is 0.497 e. The van der Waals surface area contributed by atoms with E-state index in [1.165, 1.54) is 0 Å². The van der Waals surface area contributed by atoms with E-state index >= 15 is 0 Å². The van der Waals surface area contributed by atoms with Gasteiger partial charge in [0.1, 0.15) is 17.0 Å². The molecule has 4 atom stereocenters. The molecule has 1 saturated carbocycles. The van der Waals surface area contributed by atoms with E-state index in [0.29, 0.717) is 40.1 Å². The molecule has 0 radical (unpaired) electrons. The number of ether oxygens (including phenoxy) is 2. The molecule has 2 heterocycles. The number of benzene rings is 1. The molecule has 1 amide bonds. The predicted octanol–water partition coefficient (Wildman–Crippen LogP) is 2.20. The van der Waals surface area contributed by atoms with Gasteiger partial charge in [-0.2, -0.15) is 9.97 Å². The summed E-state index contributed by atoms with van der Waals surface area (Å²) in [6.45, 7) is 0. The number of fused-ring (bicyclic) bond motifs is 3. The number of allylic oxidation sites excluding steroid dienone is 1. The summed E-state index contributed by atoms with van der Waals surface area (Å²) in [5.74, 6) is 2.02. The van der Waals surface area contributed by atoms with Gasteiger partial charge in [0.25, 0.3) is 0 Å². The van der Waals surface area contributed by atoms with Gasteiger partial charge < -0.3 is 30.8 Å². The Morgan fingerprint density at radius 1 is 1.13 bits per heavy atom. The number of nitrogens with zero attached hydrogens (tertiary/aromatic N) is 3. The summed E-state index contributed by atoms with van der Waals surface area (Å²) >= 11 is 0. The van der Waals surface area contributed by atoms with E-state index in [1.807, 2.05) is 12.1 Å². The minimum Gasteiger partial charge on any atom is -0.497 e. The first-order chi connectivity index (χ1) is 15.1. The minimum absolute atomic E-state index is 0.126. The molecule has 2 aromatic heterocycles. The standard InChI is InChI=1S/C21H23N7O3/c1-30-13-6-12(7-14(8-13)31-2)25-21-27-19-17(23-9-24-19)20(28-21)26-16-11-4-3-10(5-11)15(16)18(22)29/h3-4,6-11,15-16H,5H2,1-2H3,(H2,22,29)(H3,23,24,25,26,27,28). The van der Waals surface area contributed by atoms with E-state index in [-0.39, 0.29) is 29.7 Å². The molecule has 5 N–H and O–H groups in total. The summed E-state index contributed by atoms with van der Waals surface area (Å²) in [4.78, 5) is 28.6. The number of imidazole rings is 1. The zero-order chi connectivity index (χ0) is 21.5. The third-order valence-electron chi connectivity index (χ3n) is 5.98. The van der Waals surface area contributed by atoms with Gasteiger partial charge in [-0.25, -0.2) is 4.98 Å². The monoisotopic (exact) mass is 421 g/mol. The molecular weight excluding hydrogens is 398 g/mol. The Morgan fingerprint density at radius 2 is 1.87 bits per heavy atom. The summed E-state index contributed by atoms with van der Waals surface area (Å²) < 4.78 is 10.7. The number of carbonyl (C=O) groups excluding carboxylic acids is 1. The van der Waals surface area contributed by atoms with Gasteiger partial charge in [-0.1, -0.05) is 12.2 Å². The number of nitrogens with two attached hydrogens (primary N) is 1. The average molecular weight is 421 g/mol. The van der Waals surface area contributed by atoms with Crippen LogP contribution in [0.25, 0.3) is 11.2 Å². The van der Waals surface area contributed by atoms with Crippen LogP contribution in [0.1, 0.15) is 6.42 Å². The van der Waals surface area contributed by atoms with Crippen LogP contribution in [0.15, 0.2) is 36.7 Å². The Kier molecular flexibility index (Phi) is 4.61. The van der Waals surface area contributed by atoms with Crippen LogP contribution in [-0.2, 0) is 4.79 Å². The van der Waals surface area contributed by atoms with Gasteiger partial charge in [0.2, 0.25) is 11.9 Å². The molecule has 10 heteroatoms. The fraction of sp³-hybridized carbons (Fsp3) is 0.333. The Balaban J connectivity index is 1.48. The van der Waals surface area contributed by atoms with Gasteiger partial charge in [0, 0.05) is 29.9 Å². The second kappa shape index (κ2) is 7.46. The number of anilines is 3. The molecule has 2 aliphatic carbocycles. The number of methoxy groups -OCH3 is 2. The lowest BCUT2D eigenvalue weighted by molar-refractivity contribution is -0.122. The summed E-state index contributed by atoms with van der Waals surface area (Å²) in [7, 11) is 3.18. The minimum atomic E-state index is -0.300. The van der Waals surface area contributed by atoms with Crippen molar-refractivity contribution < 1.29 is 14.3 Å². The fourth-order valence-corrected chi connectivity index (χ4v) is 4.57. The van der Waals surface area contributed by atoms with Crippen LogP contribution in [0.5, 0.6) is 11.5 Å². The van der Waals surface area contributed by atoms with E-state index in [1.54, 1.807) is 26.6 Å². The number of aromatic amines is 1. The first-order valence-electron chi connectivity index (χ1n) is 10.0. The van der Waals surface area contributed by atoms with Gasteiger partial charge in [0.05, 0.1) is 26.5 Å². The van der Waals surface area contributed by atoms with Crippen molar-refractivity contribution in [2.24, 2.45) is 23.5 Å². The number of nitrogens with one attached hydrogen (secondary N) is 3. The topological polar surface area (TPSA) is 140 Å². The van der Waals surface area contributed by atoms with E-state index in [2.05, 4.69) is 42.7 Å². The van der Waals surface area contributed by atoms with Crippen LogP contribution in [0, 0.1) is 17.8 Å². The van der Waals surface area contributed by atoms with E-state index in [0.717, 1.165) is 6.42 Å². The van der Waals surface area contributed by atoms with Gasteiger partial charge in [-0.3, -0.25) is 4.79 Å². The lowest BCUT2D eigenvalue weighted by Gasteiger charge is -2.27. The number of rotatable bonds is 7. The zero-order valence-electron chi connectivity index (χ0n) is 17.1. The molecule has 0 saturated heterocycles. The highest BCUT2D eigenvalue weighted by atomic mass is 16.5. The third-order valence-corrected chi connectivity index (χ3v) is 5.98. The molecule has 1 fully saturated rings. The number of H-pyrrole nitrogens is 1. The lowest BCUT2D eigenvalue weighted by atomic mass is 9.88. The number of amides is 1. The molecule has 10 nitrogen and oxygen atoms in total. The smallest absolute Gasteiger partial charge is 0.231 e. The van der Waals surface area contributed by atoms with Crippen LogP contribution < -0.4 is 25.8 Å². The molecule has 3 aromatic rings. The SMILES string of the molecule is COc1cc(Nc2nc(NC3C4C=CC(C4)C3C(N)=O)c3[nH]cnc3n2)cc(OC)c1. The molecule has 2 aliphatic rings. The second-order valence-electron chi connectivity index (χ2n) is 7.77. The van der Waals surface area contributed by atoms with Crippen LogP contribution in [-0.4, -0.2) is 46.1 Å². The Morgan fingerprint density at radius 3 is 2.58 bits per heavy atom. The average Bonchev–Trinajstić information content (AvgIpc) is 3.49. The van der Waals surface area contributed by atoms with Gasteiger partial charge in [-0.05, 0) is 18.3 Å². The maximum Gasteiger partial charge on any atom is 0.231 e. The highest BCUT2D eigenvalue weighted by Gasteiger charge is 2.47. The molecule has 1 aromatic carbocycles. The molecule has 0 spiro atoms. The van der Waals surface area contributed by atoms with Crippen molar-refractivity contribution in [3.63, 3.8) is 0 Å². The number of hydrogen-bond donors (Lipinski definition) is 4. The molecule has 2 bridgehead atoms. The molecular formula is C21H23N7O3. The number of aromatic nitrogens is 4. The molecule has 31 heavy (non-hydrogen) atoms. The van der Waals surface area contributed by atoms with Crippen molar-refractivity contribution >= 4 is 34.5 Å². The molecule has 4 unspecified atom stereocenters.